The highest BCUT2D eigenvalue weighted by Crippen LogP contribution is 2.42. The number of carbonyl (C=O) groups excluding carboxylic acids is 1. The van der Waals surface area contributed by atoms with E-state index in [4.69, 9.17) is 4.42 Å². The molecule has 0 spiro atoms. The van der Waals surface area contributed by atoms with Crippen LogP contribution in [-0.2, 0) is 22.1 Å². The van der Waals surface area contributed by atoms with Crippen molar-refractivity contribution in [3.05, 3.63) is 64.9 Å². The number of nitrogens with one attached hydrogen (secondary N) is 1. The number of fused-ring (bicyclic) bond motifs is 3. The number of thiophene rings is 1. The van der Waals surface area contributed by atoms with Gasteiger partial charge >= 0.3 is 0 Å². The molecule has 0 unspecified atom stereocenters. The fourth-order valence-corrected chi connectivity index (χ4v) is 6.68. The molecule has 164 valence electrons. The van der Waals surface area contributed by atoms with Gasteiger partial charge < -0.3 is 9.73 Å². The lowest BCUT2D eigenvalue weighted by molar-refractivity contribution is 0.0945. The molecule has 1 aromatic carbocycles. The van der Waals surface area contributed by atoms with Crippen LogP contribution in [0, 0.1) is 0 Å². The van der Waals surface area contributed by atoms with E-state index in [0.717, 1.165) is 17.1 Å². The molecule has 1 N–H and O–H groups in total. The topological polar surface area (TPSA) is 79.6 Å². The van der Waals surface area contributed by atoms with E-state index in [1.165, 1.54) is 11.3 Å². The maximum Gasteiger partial charge on any atom is 0.261 e. The first kappa shape index (κ1) is 21.8. The van der Waals surface area contributed by atoms with Crippen LogP contribution >= 0.6 is 11.3 Å². The van der Waals surface area contributed by atoms with E-state index in [-0.39, 0.29) is 11.7 Å². The predicted octanol–water partition coefficient (Wildman–Crippen LogP) is 4.33. The van der Waals surface area contributed by atoms with Crippen LogP contribution in [0.1, 0.15) is 41.3 Å². The summed E-state index contributed by atoms with van der Waals surface area (Å²) in [5.74, 6) is 0.669. The fraction of sp³-hybridized carbons (Fsp3) is 0.348. The summed E-state index contributed by atoms with van der Waals surface area (Å²) in [6.07, 6.45) is 2.67. The summed E-state index contributed by atoms with van der Waals surface area (Å²) in [5.41, 5.74) is 1.39. The van der Waals surface area contributed by atoms with Gasteiger partial charge in [0.2, 0.25) is 0 Å². The van der Waals surface area contributed by atoms with E-state index in [9.17, 15) is 13.2 Å². The first-order valence-corrected chi connectivity index (χ1v) is 12.9. The first-order valence-electron chi connectivity index (χ1n) is 10.4. The molecule has 6 nitrogen and oxygen atoms in total. The molecule has 0 saturated heterocycles. The Labute approximate surface area is 186 Å². The standard InChI is InChI=1S/C23H26N2O4S2/c1-3-16(2)25(14-18-7-6-12-29-18)11-10-24-23(26)20-13-17-15-31(27,28)21-9-5-4-8-19(21)22(17)30-20/h4-9,12-13,16H,3,10-11,14-15H2,1-2H3,(H,24,26)/t16-/m1/s1. The Hall–Kier alpha value is -2.42. The normalized spacial score (nSPS) is 15.3. The smallest absolute Gasteiger partial charge is 0.261 e. The zero-order valence-corrected chi connectivity index (χ0v) is 19.3. The highest BCUT2D eigenvalue weighted by molar-refractivity contribution is 7.91. The summed E-state index contributed by atoms with van der Waals surface area (Å²) >= 11 is 1.36. The minimum Gasteiger partial charge on any atom is -0.468 e. The summed E-state index contributed by atoms with van der Waals surface area (Å²) < 4.78 is 30.6. The lowest BCUT2D eigenvalue weighted by Crippen LogP contribution is -2.39. The number of hydrogen-bond acceptors (Lipinski definition) is 6. The molecule has 0 bridgehead atoms. The molecule has 4 rings (SSSR count). The Morgan fingerprint density at radius 3 is 2.81 bits per heavy atom. The second kappa shape index (κ2) is 8.98. The summed E-state index contributed by atoms with van der Waals surface area (Å²) in [7, 11) is -3.37. The molecule has 1 aliphatic heterocycles. The van der Waals surface area contributed by atoms with Crippen LogP contribution in [-0.4, -0.2) is 38.4 Å². The van der Waals surface area contributed by atoms with Crippen molar-refractivity contribution in [3.8, 4) is 10.4 Å². The monoisotopic (exact) mass is 458 g/mol. The Bertz CT molecular complexity index is 1170. The molecular formula is C23H26N2O4S2. The van der Waals surface area contributed by atoms with Crippen molar-refractivity contribution >= 4 is 27.1 Å². The summed E-state index contributed by atoms with van der Waals surface area (Å²) in [6, 6.07) is 12.9. The van der Waals surface area contributed by atoms with E-state index in [0.29, 0.717) is 46.6 Å². The van der Waals surface area contributed by atoms with Crippen molar-refractivity contribution < 1.29 is 17.6 Å². The fourth-order valence-electron chi connectivity index (χ4n) is 3.80. The van der Waals surface area contributed by atoms with Crippen molar-refractivity contribution in [3.63, 3.8) is 0 Å². The number of nitrogens with zero attached hydrogens (tertiary/aromatic N) is 1. The minimum absolute atomic E-state index is 0.0614. The minimum atomic E-state index is -3.37. The molecule has 3 aromatic rings. The highest BCUT2D eigenvalue weighted by Gasteiger charge is 2.30. The zero-order valence-electron chi connectivity index (χ0n) is 17.6. The van der Waals surface area contributed by atoms with Gasteiger partial charge in [-0.3, -0.25) is 9.69 Å². The third kappa shape index (κ3) is 4.61. The second-order valence-electron chi connectivity index (χ2n) is 7.78. The average Bonchev–Trinajstić information content (AvgIpc) is 3.42. The van der Waals surface area contributed by atoms with Crippen molar-refractivity contribution in [2.45, 2.75) is 43.5 Å². The van der Waals surface area contributed by atoms with Crippen LogP contribution < -0.4 is 5.32 Å². The molecule has 0 saturated carbocycles. The van der Waals surface area contributed by atoms with E-state index in [2.05, 4.69) is 24.1 Å². The maximum atomic E-state index is 12.8. The van der Waals surface area contributed by atoms with Crippen LogP contribution in [0.4, 0.5) is 0 Å². The van der Waals surface area contributed by atoms with Crippen molar-refractivity contribution in [2.75, 3.05) is 13.1 Å². The van der Waals surface area contributed by atoms with Gasteiger partial charge in [-0.05, 0) is 43.2 Å². The Balaban J connectivity index is 1.44. The highest BCUT2D eigenvalue weighted by atomic mass is 32.2. The van der Waals surface area contributed by atoms with Crippen molar-refractivity contribution in [1.82, 2.24) is 10.2 Å². The van der Waals surface area contributed by atoms with E-state index in [1.807, 2.05) is 24.3 Å². The van der Waals surface area contributed by atoms with E-state index >= 15 is 0 Å². The summed E-state index contributed by atoms with van der Waals surface area (Å²) in [5, 5.41) is 2.99. The number of rotatable bonds is 8. The lowest BCUT2D eigenvalue weighted by atomic mass is 10.1. The predicted molar refractivity (Wildman–Crippen MR) is 122 cm³/mol. The molecule has 1 amide bonds. The largest absolute Gasteiger partial charge is 0.468 e. The number of benzene rings is 1. The van der Waals surface area contributed by atoms with Gasteiger partial charge in [0.05, 0.1) is 28.3 Å². The average molecular weight is 459 g/mol. The summed E-state index contributed by atoms with van der Waals surface area (Å²) in [6.45, 7) is 6.20. The first-order chi connectivity index (χ1) is 14.9. The number of hydrogen-bond donors (Lipinski definition) is 1. The van der Waals surface area contributed by atoms with Crippen LogP contribution in [0.2, 0.25) is 0 Å². The third-order valence-corrected chi connectivity index (χ3v) is 8.61. The Morgan fingerprint density at radius 2 is 2.06 bits per heavy atom. The lowest BCUT2D eigenvalue weighted by Gasteiger charge is -2.27. The third-order valence-electron chi connectivity index (χ3n) is 5.68. The van der Waals surface area contributed by atoms with Gasteiger partial charge in [0, 0.05) is 29.6 Å². The van der Waals surface area contributed by atoms with Crippen molar-refractivity contribution in [2.24, 2.45) is 0 Å². The van der Waals surface area contributed by atoms with Crippen molar-refractivity contribution in [1.29, 1.82) is 0 Å². The molecular weight excluding hydrogens is 432 g/mol. The van der Waals surface area contributed by atoms with E-state index in [1.54, 1.807) is 24.5 Å². The van der Waals surface area contributed by atoms with Gasteiger partial charge in [-0.15, -0.1) is 11.3 Å². The van der Waals surface area contributed by atoms with Crippen LogP contribution in [0.3, 0.4) is 0 Å². The second-order valence-corrected chi connectivity index (χ2v) is 10.8. The Kier molecular flexibility index (Phi) is 6.31. The van der Waals surface area contributed by atoms with Crippen LogP contribution in [0.15, 0.2) is 58.0 Å². The van der Waals surface area contributed by atoms with Gasteiger partial charge in [0.1, 0.15) is 5.76 Å². The zero-order chi connectivity index (χ0) is 22.0. The molecule has 0 aliphatic carbocycles. The number of furan rings is 1. The molecule has 0 radical (unpaired) electrons. The molecule has 1 aliphatic rings. The molecule has 1 atom stereocenters. The molecule has 8 heteroatoms. The molecule has 0 fully saturated rings. The quantitative estimate of drug-likeness (QED) is 0.544. The SMILES string of the molecule is CC[C@@H](C)N(CCNC(=O)c1cc2c(s1)-c1ccccc1S(=O)(=O)C2)Cc1ccco1. The van der Waals surface area contributed by atoms with Gasteiger partial charge in [0.15, 0.2) is 9.84 Å². The maximum absolute atomic E-state index is 12.8. The molecule has 31 heavy (non-hydrogen) atoms. The van der Waals surface area contributed by atoms with Gasteiger partial charge in [-0.25, -0.2) is 8.42 Å². The van der Waals surface area contributed by atoms with Gasteiger partial charge in [-0.2, -0.15) is 0 Å². The van der Waals surface area contributed by atoms with Crippen LogP contribution in [0.25, 0.3) is 10.4 Å². The van der Waals surface area contributed by atoms with Crippen LogP contribution in [0.5, 0.6) is 0 Å². The molecule has 3 heterocycles. The van der Waals surface area contributed by atoms with Gasteiger partial charge in [-0.1, -0.05) is 25.1 Å². The number of carbonyl (C=O) groups is 1. The van der Waals surface area contributed by atoms with E-state index < -0.39 is 9.84 Å². The number of amides is 1. The summed E-state index contributed by atoms with van der Waals surface area (Å²) in [4.78, 5) is 16.8. The molecule has 2 aromatic heterocycles. The number of sulfone groups is 1. The Morgan fingerprint density at radius 1 is 1.26 bits per heavy atom. The van der Waals surface area contributed by atoms with Gasteiger partial charge in [0.25, 0.3) is 5.91 Å².